The van der Waals surface area contributed by atoms with Gasteiger partial charge in [-0.05, 0) is 37.1 Å². The first-order valence-corrected chi connectivity index (χ1v) is 10.2. The number of hydrogen-bond donors (Lipinski definition) is 2. The second kappa shape index (κ2) is 9.65. The number of rotatable bonds is 2. The quantitative estimate of drug-likeness (QED) is 0.473. The number of halogens is 2. The molecule has 0 spiro atoms. The molecule has 10 heteroatoms. The van der Waals surface area contributed by atoms with Gasteiger partial charge in [0.25, 0.3) is 0 Å². The molecule has 0 radical (unpaired) electrons. The summed E-state index contributed by atoms with van der Waals surface area (Å²) in [6, 6.07) is 14.4. The fourth-order valence-corrected chi connectivity index (χ4v) is 3.31. The highest BCUT2D eigenvalue weighted by Crippen LogP contribution is 2.11. The maximum Gasteiger partial charge on any atom is 0.334 e. The largest absolute Gasteiger partial charge is 0.334 e. The number of aryl methyl sites for hydroxylation is 2. The lowest BCUT2D eigenvalue weighted by Gasteiger charge is -2.10. The highest BCUT2D eigenvalue weighted by atomic mass is 19.1. The summed E-state index contributed by atoms with van der Waals surface area (Å²) in [4.78, 5) is 23.9. The summed E-state index contributed by atoms with van der Waals surface area (Å²) >= 11 is 0. The summed E-state index contributed by atoms with van der Waals surface area (Å²) in [5, 5.41) is 14.7. The van der Waals surface area contributed by atoms with Crippen molar-refractivity contribution in [1.29, 1.82) is 10.8 Å². The first-order chi connectivity index (χ1) is 16.0. The van der Waals surface area contributed by atoms with E-state index in [9.17, 15) is 18.4 Å². The lowest BCUT2D eigenvalue weighted by Crippen LogP contribution is -2.38. The predicted octanol–water partition coefficient (Wildman–Crippen LogP) is 2.21. The Hall–Kier alpha value is -4.34. The lowest BCUT2D eigenvalue weighted by atomic mass is 10.2. The van der Waals surface area contributed by atoms with E-state index in [1.807, 2.05) is 38.1 Å². The van der Waals surface area contributed by atoms with E-state index in [4.69, 9.17) is 10.8 Å². The number of para-hydroxylation sites is 2. The third-order valence-electron chi connectivity index (χ3n) is 5.34. The molecule has 2 heterocycles. The molecule has 0 bridgehead atoms. The molecule has 34 heavy (non-hydrogen) atoms. The van der Waals surface area contributed by atoms with Gasteiger partial charge in [-0.1, -0.05) is 36.4 Å². The number of aromatic nitrogens is 4. The summed E-state index contributed by atoms with van der Waals surface area (Å²) < 4.78 is 31.3. The van der Waals surface area contributed by atoms with Crippen LogP contribution in [0, 0.1) is 36.3 Å². The van der Waals surface area contributed by atoms with Crippen molar-refractivity contribution in [3.8, 4) is 11.4 Å². The maximum absolute atomic E-state index is 13.5. The summed E-state index contributed by atoms with van der Waals surface area (Å²) in [5.74, 6) is -1.45. The van der Waals surface area contributed by atoms with Gasteiger partial charge in [-0.25, -0.2) is 18.4 Å². The van der Waals surface area contributed by atoms with Crippen molar-refractivity contribution in [1.82, 2.24) is 18.3 Å². The van der Waals surface area contributed by atoms with Gasteiger partial charge in [-0.15, -0.1) is 0 Å². The number of nitrogens with one attached hydrogen (secondary N) is 2. The Morgan fingerprint density at radius 3 is 1.29 bits per heavy atom. The Balaban J connectivity index is 0.000000191. The Morgan fingerprint density at radius 2 is 0.971 bits per heavy atom. The fraction of sp³-hybridized carbons (Fsp3) is 0.167. The molecule has 0 fully saturated rings. The Labute approximate surface area is 193 Å². The molecule has 8 nitrogen and oxygen atoms in total. The van der Waals surface area contributed by atoms with Crippen LogP contribution in [0.3, 0.4) is 0 Å². The third kappa shape index (κ3) is 4.56. The molecule has 4 rings (SSSR count). The molecule has 4 aromatic rings. The van der Waals surface area contributed by atoms with Gasteiger partial charge in [0.1, 0.15) is 0 Å². The molecule has 0 amide bonds. The summed E-state index contributed by atoms with van der Waals surface area (Å²) in [7, 11) is 2.76. The first kappa shape index (κ1) is 24.3. The van der Waals surface area contributed by atoms with E-state index in [0.29, 0.717) is 11.4 Å². The second-order valence-electron chi connectivity index (χ2n) is 7.65. The van der Waals surface area contributed by atoms with Gasteiger partial charge in [0, 0.05) is 14.1 Å². The van der Waals surface area contributed by atoms with Crippen LogP contribution in [0.15, 0.2) is 70.5 Å². The van der Waals surface area contributed by atoms with Gasteiger partial charge in [-0.3, -0.25) is 29.1 Å². The van der Waals surface area contributed by atoms with E-state index in [1.54, 1.807) is 24.3 Å². The van der Waals surface area contributed by atoms with Crippen LogP contribution in [-0.4, -0.2) is 18.3 Å². The monoisotopic (exact) mass is 466 g/mol. The molecule has 0 saturated carbocycles. The van der Waals surface area contributed by atoms with E-state index < -0.39 is 34.0 Å². The van der Waals surface area contributed by atoms with Crippen LogP contribution in [0.4, 0.5) is 8.78 Å². The van der Waals surface area contributed by atoms with Crippen molar-refractivity contribution >= 4 is 0 Å². The van der Waals surface area contributed by atoms with Gasteiger partial charge in [0.15, 0.2) is 22.6 Å². The minimum absolute atomic E-state index is 0.417. The molecule has 0 aliphatic heterocycles. The molecule has 176 valence electrons. The van der Waals surface area contributed by atoms with Crippen LogP contribution in [0.25, 0.3) is 11.4 Å². The van der Waals surface area contributed by atoms with E-state index in [1.165, 1.54) is 23.2 Å². The highest BCUT2D eigenvalue weighted by molar-refractivity contribution is 5.40. The van der Waals surface area contributed by atoms with Crippen molar-refractivity contribution < 1.29 is 8.78 Å². The van der Waals surface area contributed by atoms with E-state index in [0.717, 1.165) is 32.7 Å². The van der Waals surface area contributed by atoms with Crippen molar-refractivity contribution in [2.45, 2.75) is 13.8 Å². The molecule has 0 aliphatic rings. The zero-order valence-corrected chi connectivity index (χ0v) is 19.1. The zero-order valence-electron chi connectivity index (χ0n) is 19.1. The molecule has 0 atom stereocenters. The molecule has 2 aromatic carbocycles. The molecular weight excluding hydrogens is 442 g/mol. The van der Waals surface area contributed by atoms with E-state index in [2.05, 4.69) is 0 Å². The zero-order chi connectivity index (χ0) is 25.2. The van der Waals surface area contributed by atoms with Crippen LogP contribution < -0.4 is 22.4 Å². The second-order valence-corrected chi connectivity index (χ2v) is 7.65. The van der Waals surface area contributed by atoms with E-state index >= 15 is 0 Å². The minimum atomic E-state index is -0.727. The molecule has 2 N–H and O–H groups in total. The number of nitrogens with zero attached hydrogens (tertiary/aromatic N) is 4. The van der Waals surface area contributed by atoms with Crippen molar-refractivity contribution in [2.75, 3.05) is 0 Å². The first-order valence-electron chi connectivity index (χ1n) is 10.2. The average Bonchev–Trinajstić information content (AvgIpc) is 2.82. The smallest absolute Gasteiger partial charge is 0.282 e. The predicted molar refractivity (Wildman–Crippen MR) is 123 cm³/mol. The molecule has 0 unspecified atom stereocenters. The van der Waals surface area contributed by atoms with Gasteiger partial charge >= 0.3 is 11.4 Å². The van der Waals surface area contributed by atoms with Crippen LogP contribution in [-0.2, 0) is 14.1 Å². The van der Waals surface area contributed by atoms with Crippen molar-refractivity contribution in [3.63, 3.8) is 0 Å². The SMILES string of the molecule is Cc1ccccc1-n1cc(F)c(=N)n(C)c1=O.Cc1ccccc1-n1cc(F)c(=N)n(C)c1=O. The van der Waals surface area contributed by atoms with Gasteiger partial charge in [0.2, 0.25) is 0 Å². The molecule has 2 aromatic heterocycles. The Bertz CT molecular complexity index is 1490. The highest BCUT2D eigenvalue weighted by Gasteiger charge is 2.09. The third-order valence-corrected chi connectivity index (χ3v) is 5.34. The van der Waals surface area contributed by atoms with Crippen LogP contribution >= 0.6 is 0 Å². The van der Waals surface area contributed by atoms with E-state index in [-0.39, 0.29) is 0 Å². The molecule has 0 aliphatic carbocycles. The van der Waals surface area contributed by atoms with Crippen LogP contribution in [0.5, 0.6) is 0 Å². The Morgan fingerprint density at radius 1 is 0.647 bits per heavy atom. The number of benzene rings is 2. The van der Waals surface area contributed by atoms with Crippen molar-refractivity contribution in [3.05, 3.63) is 116 Å². The number of hydrogen-bond acceptors (Lipinski definition) is 4. The summed E-state index contributed by atoms with van der Waals surface area (Å²) in [6.07, 6.45) is 2.10. The Kier molecular flexibility index (Phi) is 6.90. The fourth-order valence-electron chi connectivity index (χ4n) is 3.31. The standard InChI is InChI=1S/2C12H12FN3O/c2*1-8-5-3-4-6-10(8)16-7-9(13)11(14)15(2)12(16)17/h2*3-7,14H,1-2H3. The van der Waals surface area contributed by atoms with Gasteiger partial charge < -0.3 is 0 Å². The normalized spacial score (nSPS) is 10.5. The topological polar surface area (TPSA) is 102 Å². The lowest BCUT2D eigenvalue weighted by molar-refractivity contribution is 0.541. The molecule has 0 saturated heterocycles. The summed E-state index contributed by atoms with van der Waals surface area (Å²) in [6.45, 7) is 3.68. The minimum Gasteiger partial charge on any atom is -0.282 e. The molecular formula is C24H24F2N6O2. The summed E-state index contributed by atoms with van der Waals surface area (Å²) in [5.41, 5.74) is 1.26. The maximum atomic E-state index is 13.5. The van der Waals surface area contributed by atoms with Gasteiger partial charge in [-0.2, -0.15) is 0 Å². The van der Waals surface area contributed by atoms with Crippen molar-refractivity contribution in [2.24, 2.45) is 14.1 Å². The van der Waals surface area contributed by atoms with Crippen LogP contribution in [0.2, 0.25) is 0 Å². The van der Waals surface area contributed by atoms with Gasteiger partial charge in [0.05, 0.1) is 23.8 Å². The average molecular weight is 466 g/mol. The van der Waals surface area contributed by atoms with Crippen LogP contribution in [0.1, 0.15) is 11.1 Å².